The molecule has 0 saturated heterocycles. The lowest BCUT2D eigenvalue weighted by atomic mass is 9.91. The van der Waals surface area contributed by atoms with E-state index in [9.17, 15) is 31.5 Å². The van der Waals surface area contributed by atoms with E-state index in [1.165, 1.54) is 0 Å². The molecule has 9 heteroatoms. The van der Waals surface area contributed by atoms with Gasteiger partial charge in [-0.05, 0) is 0 Å². The van der Waals surface area contributed by atoms with Crippen molar-refractivity contribution in [1.82, 2.24) is 0 Å². The molecule has 1 aliphatic carbocycles. The van der Waals surface area contributed by atoms with Crippen LogP contribution in [0.2, 0.25) is 0 Å². The summed E-state index contributed by atoms with van der Waals surface area (Å²) in [5, 5.41) is 0. The molecule has 0 atom stereocenters. The van der Waals surface area contributed by atoms with E-state index < -0.39 is 64.2 Å². The number of ketones is 2. The third kappa shape index (κ3) is 2.19. The van der Waals surface area contributed by atoms with E-state index in [2.05, 4.69) is 4.74 Å². The zero-order chi connectivity index (χ0) is 15.9. The molecule has 1 aromatic rings. The molecule has 3 nitrogen and oxygen atoms in total. The predicted octanol–water partition coefficient (Wildman–Crippen LogP) is 3.06. The third-order valence-corrected chi connectivity index (χ3v) is 2.80. The Morgan fingerprint density at radius 2 is 1.29 bits per heavy atom. The normalized spacial score (nSPS) is 14.6. The molecule has 1 aromatic carbocycles. The molecule has 0 spiro atoms. The lowest BCUT2D eigenvalue weighted by molar-refractivity contribution is 0.0847. The lowest BCUT2D eigenvalue weighted by Gasteiger charge is -2.18. The summed E-state index contributed by atoms with van der Waals surface area (Å²) in [5.41, 5.74) is -2.92. The Kier molecular flexibility index (Phi) is 3.99. The summed E-state index contributed by atoms with van der Waals surface area (Å²) in [6.45, 7) is -0.410. The fraction of sp³-hybridized carbons (Fsp3) is 0.167. The Bertz CT molecular complexity index is 699. The number of alkyl halides is 1. The van der Waals surface area contributed by atoms with Gasteiger partial charge in [0.1, 0.15) is 6.61 Å². The summed E-state index contributed by atoms with van der Waals surface area (Å²) in [4.78, 5) is 23.4. The topological polar surface area (TPSA) is 43.4 Å². The average Bonchev–Trinajstić information content (AvgIpc) is 2.46. The van der Waals surface area contributed by atoms with Gasteiger partial charge in [0, 0.05) is 0 Å². The van der Waals surface area contributed by atoms with Crippen molar-refractivity contribution in [3.8, 4) is 0 Å². The van der Waals surface area contributed by atoms with E-state index in [4.69, 9.17) is 11.6 Å². The highest BCUT2D eigenvalue weighted by Crippen LogP contribution is 2.33. The van der Waals surface area contributed by atoms with Crippen molar-refractivity contribution in [3.05, 3.63) is 46.0 Å². The van der Waals surface area contributed by atoms with Crippen molar-refractivity contribution in [2.24, 2.45) is 0 Å². The molecule has 0 aromatic heterocycles. The van der Waals surface area contributed by atoms with Crippen molar-refractivity contribution < 1.29 is 36.3 Å². The van der Waals surface area contributed by atoms with Crippen LogP contribution in [0.4, 0.5) is 22.0 Å². The van der Waals surface area contributed by atoms with Crippen LogP contribution in [-0.2, 0) is 4.74 Å². The fourth-order valence-electron chi connectivity index (χ4n) is 1.75. The van der Waals surface area contributed by atoms with Crippen molar-refractivity contribution in [1.29, 1.82) is 0 Å². The highest BCUT2D eigenvalue weighted by molar-refractivity contribution is 6.25. The van der Waals surface area contributed by atoms with E-state index >= 15 is 0 Å². The molecule has 0 radical (unpaired) electrons. The zero-order valence-electron chi connectivity index (χ0n) is 9.91. The summed E-state index contributed by atoms with van der Waals surface area (Å²) < 4.78 is 71.5. The van der Waals surface area contributed by atoms with Gasteiger partial charge in [0.2, 0.25) is 23.2 Å². The largest absolute Gasteiger partial charge is 0.485 e. The van der Waals surface area contributed by atoms with Gasteiger partial charge in [-0.3, -0.25) is 9.59 Å². The van der Waals surface area contributed by atoms with Crippen molar-refractivity contribution in [3.63, 3.8) is 0 Å². The highest BCUT2D eigenvalue weighted by atomic mass is 35.5. The molecule has 1 aliphatic rings. The number of halogens is 6. The molecule has 0 N–H and O–H groups in total. The van der Waals surface area contributed by atoms with Crippen LogP contribution in [-0.4, -0.2) is 24.1 Å². The Hall–Kier alpha value is -1.96. The Morgan fingerprint density at radius 3 is 1.76 bits per heavy atom. The van der Waals surface area contributed by atoms with Crippen LogP contribution in [0.1, 0.15) is 20.7 Å². The number of Topliss-reactive ketones (excluding diaryl/α,β-unsaturated/α-hetero) is 2. The summed E-state index contributed by atoms with van der Waals surface area (Å²) in [6, 6.07) is 0. The summed E-state index contributed by atoms with van der Waals surface area (Å²) >= 11 is 5.25. The standard InChI is InChI=1S/C12H4ClF5O3/c13-1-2-21-12-9(18)10(19)3-4(11(12)20)6(15)8(17)7(16)5(3)14/h1-2H2. The van der Waals surface area contributed by atoms with Crippen LogP contribution < -0.4 is 0 Å². The molecular weight excluding hydrogens is 323 g/mol. The molecule has 112 valence electrons. The highest BCUT2D eigenvalue weighted by Gasteiger charge is 2.42. The van der Waals surface area contributed by atoms with Crippen LogP contribution in [0.25, 0.3) is 0 Å². The quantitative estimate of drug-likeness (QED) is 0.371. The van der Waals surface area contributed by atoms with Gasteiger partial charge in [0.05, 0.1) is 17.0 Å². The number of fused-ring (bicyclic) bond motifs is 1. The molecule has 2 rings (SSSR count). The summed E-state index contributed by atoms with van der Waals surface area (Å²) in [6.07, 6.45) is 0. The molecule has 0 aliphatic heterocycles. The first-order valence-corrected chi connectivity index (χ1v) is 5.90. The number of hydrogen-bond donors (Lipinski definition) is 0. The smallest absolute Gasteiger partial charge is 0.234 e. The number of ether oxygens (including phenoxy) is 1. The number of carbonyl (C=O) groups excluding carboxylic acids is 2. The molecule has 0 saturated carbocycles. The zero-order valence-corrected chi connectivity index (χ0v) is 10.7. The molecular formula is C12H4ClF5O3. The minimum Gasteiger partial charge on any atom is -0.485 e. The molecule has 21 heavy (non-hydrogen) atoms. The molecule has 0 heterocycles. The Labute approximate surface area is 118 Å². The maximum atomic E-state index is 13.7. The van der Waals surface area contributed by atoms with Crippen LogP contribution >= 0.6 is 11.6 Å². The van der Waals surface area contributed by atoms with Crippen molar-refractivity contribution in [2.75, 3.05) is 12.5 Å². The minimum atomic E-state index is -2.31. The lowest BCUT2D eigenvalue weighted by Crippen LogP contribution is -2.27. The van der Waals surface area contributed by atoms with Gasteiger partial charge in [-0.15, -0.1) is 11.6 Å². The monoisotopic (exact) mass is 326 g/mol. The molecule has 0 fully saturated rings. The Balaban J connectivity index is 2.73. The minimum absolute atomic E-state index is 0.195. The number of benzene rings is 1. The van der Waals surface area contributed by atoms with Gasteiger partial charge in [0.25, 0.3) is 0 Å². The van der Waals surface area contributed by atoms with E-state index in [1.54, 1.807) is 0 Å². The summed E-state index contributed by atoms with van der Waals surface area (Å²) in [7, 11) is 0. The maximum absolute atomic E-state index is 13.7. The van der Waals surface area contributed by atoms with Crippen molar-refractivity contribution >= 4 is 23.2 Å². The second kappa shape index (κ2) is 5.44. The van der Waals surface area contributed by atoms with Gasteiger partial charge in [0.15, 0.2) is 23.3 Å². The first kappa shape index (κ1) is 15.4. The number of allylic oxidation sites excluding steroid dienone is 2. The van der Waals surface area contributed by atoms with E-state index in [0.29, 0.717) is 0 Å². The van der Waals surface area contributed by atoms with Gasteiger partial charge >= 0.3 is 0 Å². The van der Waals surface area contributed by atoms with Gasteiger partial charge in [-0.1, -0.05) is 0 Å². The average molecular weight is 327 g/mol. The molecule has 0 bridgehead atoms. The number of rotatable bonds is 3. The number of hydrogen-bond acceptors (Lipinski definition) is 3. The first-order valence-electron chi connectivity index (χ1n) is 5.36. The first-order chi connectivity index (χ1) is 9.82. The van der Waals surface area contributed by atoms with Gasteiger partial charge in [-0.25, -0.2) is 17.6 Å². The predicted molar refractivity (Wildman–Crippen MR) is 59.7 cm³/mol. The SMILES string of the molecule is O=C1C(F)=C(OCCCl)C(=O)c2c(F)c(F)c(F)c(F)c21. The maximum Gasteiger partial charge on any atom is 0.234 e. The van der Waals surface area contributed by atoms with Gasteiger partial charge in [-0.2, -0.15) is 4.39 Å². The fourth-order valence-corrected chi connectivity index (χ4v) is 1.83. The molecule has 0 unspecified atom stereocenters. The van der Waals surface area contributed by atoms with E-state index in [0.717, 1.165) is 0 Å². The Morgan fingerprint density at radius 1 is 0.810 bits per heavy atom. The van der Waals surface area contributed by atoms with Crippen molar-refractivity contribution in [2.45, 2.75) is 0 Å². The van der Waals surface area contributed by atoms with E-state index in [-0.39, 0.29) is 5.88 Å². The van der Waals surface area contributed by atoms with Crippen LogP contribution in [0.3, 0.4) is 0 Å². The third-order valence-electron chi connectivity index (χ3n) is 2.65. The molecule has 0 amide bonds. The second-order valence-corrected chi connectivity index (χ2v) is 4.22. The second-order valence-electron chi connectivity index (χ2n) is 3.84. The van der Waals surface area contributed by atoms with Crippen LogP contribution in [0.5, 0.6) is 0 Å². The van der Waals surface area contributed by atoms with Gasteiger partial charge < -0.3 is 4.74 Å². The summed E-state index contributed by atoms with van der Waals surface area (Å²) in [5.74, 6) is -15.5. The number of carbonyl (C=O) groups is 2. The van der Waals surface area contributed by atoms with Crippen LogP contribution in [0, 0.1) is 23.3 Å². The van der Waals surface area contributed by atoms with Crippen LogP contribution in [0.15, 0.2) is 11.6 Å². The van der Waals surface area contributed by atoms with E-state index in [1.807, 2.05) is 0 Å².